The summed E-state index contributed by atoms with van der Waals surface area (Å²) < 4.78 is 16.3. The monoisotopic (exact) mass is 481 g/mol. The summed E-state index contributed by atoms with van der Waals surface area (Å²) in [5, 5.41) is 11.4. The van der Waals surface area contributed by atoms with Gasteiger partial charge in [-0.25, -0.2) is 0 Å². The second kappa shape index (κ2) is 9.88. The molecule has 0 bridgehead atoms. The third-order valence-electron chi connectivity index (χ3n) is 5.37. The Bertz CT molecular complexity index is 1070. The van der Waals surface area contributed by atoms with Gasteiger partial charge in [0, 0.05) is 6.54 Å². The minimum absolute atomic E-state index is 0.0339. The number of aryl methyl sites for hydroxylation is 1. The molecule has 1 aliphatic heterocycles. The topological polar surface area (TPSA) is 89.2 Å². The molecule has 9 heteroatoms. The van der Waals surface area contributed by atoms with E-state index in [1.165, 1.54) is 25.2 Å². The summed E-state index contributed by atoms with van der Waals surface area (Å²) in [6.07, 6.45) is 2.56. The summed E-state index contributed by atoms with van der Waals surface area (Å²) >= 11 is 12.6. The molecule has 1 saturated heterocycles. The smallest absolute Gasteiger partial charge is 0.295 e. The minimum Gasteiger partial charge on any atom is -0.507 e. The number of rotatable bonds is 8. The number of aliphatic hydroxyl groups is 1. The van der Waals surface area contributed by atoms with Gasteiger partial charge >= 0.3 is 0 Å². The average Bonchev–Trinajstić information content (AvgIpc) is 3.29. The quantitative estimate of drug-likeness (QED) is 0.231. The van der Waals surface area contributed by atoms with Crippen LogP contribution in [0, 0.1) is 6.92 Å². The zero-order valence-corrected chi connectivity index (χ0v) is 19.8. The van der Waals surface area contributed by atoms with E-state index in [1.807, 2.05) is 6.92 Å². The van der Waals surface area contributed by atoms with Crippen LogP contribution in [-0.2, 0) is 9.59 Å². The van der Waals surface area contributed by atoms with Crippen molar-refractivity contribution < 1.29 is 28.6 Å². The van der Waals surface area contributed by atoms with Gasteiger partial charge in [0.1, 0.15) is 28.3 Å². The van der Waals surface area contributed by atoms with Gasteiger partial charge in [-0.1, -0.05) is 43.0 Å². The Morgan fingerprint density at radius 3 is 2.41 bits per heavy atom. The summed E-state index contributed by atoms with van der Waals surface area (Å²) in [5.74, 6) is -0.744. The van der Waals surface area contributed by atoms with Crippen molar-refractivity contribution in [1.29, 1.82) is 0 Å². The lowest BCUT2D eigenvalue weighted by Crippen LogP contribution is -2.30. The number of unbranched alkanes of at least 4 members (excludes halogenated alkanes) is 2. The number of carbonyl (C=O) groups excluding carboxylic acids is 2. The van der Waals surface area contributed by atoms with E-state index < -0.39 is 23.5 Å². The largest absolute Gasteiger partial charge is 0.507 e. The maximum absolute atomic E-state index is 13.1. The number of likely N-dealkylation sites (tertiary alicyclic amines) is 1. The van der Waals surface area contributed by atoms with Crippen LogP contribution in [-0.4, -0.2) is 42.5 Å². The van der Waals surface area contributed by atoms with E-state index in [-0.39, 0.29) is 32.7 Å². The van der Waals surface area contributed by atoms with E-state index >= 15 is 0 Å². The van der Waals surface area contributed by atoms with E-state index in [2.05, 4.69) is 0 Å². The Morgan fingerprint density at radius 1 is 1.16 bits per heavy atom. The number of nitrogens with zero attached hydrogens (tertiary/aromatic N) is 1. The van der Waals surface area contributed by atoms with Crippen molar-refractivity contribution in [3.63, 3.8) is 0 Å². The summed E-state index contributed by atoms with van der Waals surface area (Å²) in [4.78, 5) is 27.4. The average molecular weight is 482 g/mol. The number of ketones is 1. The van der Waals surface area contributed by atoms with Gasteiger partial charge in [0.2, 0.25) is 0 Å². The molecule has 0 spiro atoms. The van der Waals surface area contributed by atoms with Crippen molar-refractivity contribution in [2.24, 2.45) is 0 Å². The van der Waals surface area contributed by atoms with E-state index in [0.717, 1.165) is 12.8 Å². The van der Waals surface area contributed by atoms with Crippen molar-refractivity contribution in [3.05, 3.63) is 50.9 Å². The van der Waals surface area contributed by atoms with E-state index in [0.29, 0.717) is 24.5 Å². The van der Waals surface area contributed by atoms with Gasteiger partial charge < -0.3 is 23.9 Å². The number of ether oxygens (including phenoxy) is 2. The van der Waals surface area contributed by atoms with Crippen LogP contribution < -0.4 is 9.47 Å². The minimum atomic E-state index is -0.884. The molecule has 0 radical (unpaired) electrons. The van der Waals surface area contributed by atoms with E-state index in [4.69, 9.17) is 37.1 Å². The van der Waals surface area contributed by atoms with Gasteiger partial charge in [-0.15, -0.1) is 0 Å². The molecule has 1 atom stereocenters. The summed E-state index contributed by atoms with van der Waals surface area (Å²) in [5.41, 5.74) is -0.0421. The van der Waals surface area contributed by atoms with Crippen molar-refractivity contribution in [1.82, 2.24) is 4.90 Å². The first-order chi connectivity index (χ1) is 15.3. The first kappa shape index (κ1) is 24.0. The summed E-state index contributed by atoms with van der Waals surface area (Å²) in [7, 11) is 2.76. The fourth-order valence-corrected chi connectivity index (χ4v) is 4.52. The fourth-order valence-electron chi connectivity index (χ4n) is 3.83. The normalized spacial score (nSPS) is 17.8. The van der Waals surface area contributed by atoms with Crippen LogP contribution in [0.15, 0.2) is 28.2 Å². The highest BCUT2D eigenvalue weighted by atomic mass is 35.5. The van der Waals surface area contributed by atoms with Gasteiger partial charge in [-0.2, -0.15) is 0 Å². The number of benzene rings is 1. The van der Waals surface area contributed by atoms with Crippen molar-refractivity contribution in [2.75, 3.05) is 20.8 Å². The SMILES string of the molecule is CCCCCN1C(=O)C(=O)/C(=C(/O)c2cc(Cl)c(OC)c(Cl)c2OC)C1c1ccc(C)o1. The van der Waals surface area contributed by atoms with E-state index in [9.17, 15) is 14.7 Å². The molecule has 2 aromatic rings. The van der Waals surface area contributed by atoms with E-state index in [1.54, 1.807) is 19.1 Å². The lowest BCUT2D eigenvalue weighted by Gasteiger charge is -2.23. The van der Waals surface area contributed by atoms with Crippen LogP contribution >= 0.6 is 23.2 Å². The number of furan rings is 1. The molecular formula is C23H25Cl2NO6. The maximum atomic E-state index is 13.1. The molecule has 3 rings (SSSR count). The van der Waals surface area contributed by atoms with Crippen molar-refractivity contribution in [3.8, 4) is 11.5 Å². The molecule has 1 aromatic heterocycles. The molecule has 1 aliphatic rings. The van der Waals surface area contributed by atoms with Gasteiger partial charge in [-0.05, 0) is 31.5 Å². The maximum Gasteiger partial charge on any atom is 0.295 e. The number of carbonyl (C=O) groups is 2. The number of methoxy groups -OCH3 is 2. The Kier molecular flexibility index (Phi) is 7.41. The Morgan fingerprint density at radius 2 is 1.84 bits per heavy atom. The molecule has 0 saturated carbocycles. The highest BCUT2D eigenvalue weighted by Crippen LogP contribution is 2.47. The molecule has 172 valence electrons. The molecule has 32 heavy (non-hydrogen) atoms. The van der Waals surface area contributed by atoms with Gasteiger partial charge in [0.25, 0.3) is 11.7 Å². The zero-order valence-electron chi connectivity index (χ0n) is 18.3. The number of hydrogen-bond acceptors (Lipinski definition) is 6. The van der Waals surface area contributed by atoms with Crippen molar-refractivity contribution in [2.45, 2.75) is 39.2 Å². The van der Waals surface area contributed by atoms with Crippen LogP contribution in [0.5, 0.6) is 11.5 Å². The van der Waals surface area contributed by atoms with Crippen LogP contribution in [0.2, 0.25) is 10.0 Å². The second-order valence-corrected chi connectivity index (χ2v) is 8.22. The standard InChI is InChI=1S/C23H25Cl2NO6/c1-5-6-7-10-26-18(15-9-8-12(2)32-15)16(20(28)23(26)29)19(27)13-11-14(24)22(31-4)17(25)21(13)30-3/h8-9,11,18,27H,5-7,10H2,1-4H3/b19-16+. The van der Waals surface area contributed by atoms with Gasteiger partial charge in [0.05, 0.1) is 30.4 Å². The van der Waals surface area contributed by atoms with Gasteiger partial charge in [0.15, 0.2) is 11.5 Å². The second-order valence-electron chi connectivity index (χ2n) is 7.43. The van der Waals surface area contributed by atoms with Gasteiger partial charge in [-0.3, -0.25) is 9.59 Å². The molecular weight excluding hydrogens is 457 g/mol. The number of aliphatic hydroxyl groups excluding tert-OH is 1. The lowest BCUT2D eigenvalue weighted by molar-refractivity contribution is -0.140. The zero-order chi connectivity index (χ0) is 23.6. The highest BCUT2D eigenvalue weighted by Gasteiger charge is 2.47. The number of hydrogen-bond donors (Lipinski definition) is 1. The number of Topliss-reactive ketones (excluding diaryl/α,β-unsaturated/α-hetero) is 1. The lowest BCUT2D eigenvalue weighted by atomic mass is 9.98. The first-order valence-electron chi connectivity index (χ1n) is 10.2. The predicted molar refractivity (Wildman–Crippen MR) is 122 cm³/mol. The first-order valence-corrected chi connectivity index (χ1v) is 11.0. The third-order valence-corrected chi connectivity index (χ3v) is 5.99. The Hall–Kier alpha value is -2.64. The molecule has 2 heterocycles. The molecule has 1 amide bonds. The number of halogens is 2. The molecule has 1 N–H and O–H groups in total. The predicted octanol–water partition coefficient (Wildman–Crippen LogP) is 5.52. The molecule has 0 aliphatic carbocycles. The molecule has 7 nitrogen and oxygen atoms in total. The molecule has 1 fully saturated rings. The van der Waals surface area contributed by atoms with Crippen LogP contribution in [0.1, 0.15) is 49.3 Å². The fraction of sp³-hybridized carbons (Fsp3) is 0.391. The highest BCUT2D eigenvalue weighted by molar-refractivity contribution is 6.47. The van der Waals surface area contributed by atoms with Crippen molar-refractivity contribution >= 4 is 40.7 Å². The van der Waals surface area contributed by atoms with Crippen LogP contribution in [0.4, 0.5) is 0 Å². The van der Waals surface area contributed by atoms with Crippen LogP contribution in [0.25, 0.3) is 5.76 Å². The number of amides is 1. The summed E-state index contributed by atoms with van der Waals surface area (Å²) in [6.45, 7) is 4.16. The molecule has 1 unspecified atom stereocenters. The third kappa shape index (κ3) is 4.19. The van der Waals surface area contributed by atoms with Crippen LogP contribution in [0.3, 0.4) is 0 Å². The Balaban J connectivity index is 2.23. The summed E-state index contributed by atoms with van der Waals surface area (Å²) in [6, 6.07) is 3.93. The molecule has 1 aromatic carbocycles. The Labute approximate surface area is 196 Å².